The molecule has 0 bridgehead atoms. The highest BCUT2D eigenvalue weighted by molar-refractivity contribution is 6.33. The van der Waals surface area contributed by atoms with Gasteiger partial charge in [0.05, 0.1) is 16.1 Å². The van der Waals surface area contributed by atoms with Gasteiger partial charge >= 0.3 is 5.97 Å². The Hall–Kier alpha value is -2.33. The molecule has 0 radical (unpaired) electrons. The number of hydrogen-bond acceptors (Lipinski definition) is 3. The van der Waals surface area contributed by atoms with Crippen molar-refractivity contribution in [3.63, 3.8) is 0 Å². The molecule has 2 aromatic rings. The van der Waals surface area contributed by atoms with Crippen LogP contribution >= 0.6 is 11.6 Å². The Balaban J connectivity index is 1.55. The fourth-order valence-electron chi connectivity index (χ4n) is 3.59. The summed E-state index contributed by atoms with van der Waals surface area (Å²) in [5, 5.41) is 0.459. The highest BCUT2D eigenvalue weighted by Gasteiger charge is 2.47. The van der Waals surface area contributed by atoms with E-state index in [1.165, 1.54) is 0 Å². The Kier molecular flexibility index (Phi) is 3.57. The molecule has 1 fully saturated rings. The number of ether oxygens (including phenoxy) is 1. The second-order valence-corrected chi connectivity index (χ2v) is 6.61. The molecule has 0 aliphatic carbocycles. The van der Waals surface area contributed by atoms with E-state index in [9.17, 15) is 9.59 Å². The van der Waals surface area contributed by atoms with Crippen LogP contribution in [-0.4, -0.2) is 29.9 Å². The van der Waals surface area contributed by atoms with E-state index in [-0.39, 0.29) is 11.9 Å². The van der Waals surface area contributed by atoms with Crippen LogP contribution in [-0.2, 0) is 10.3 Å². The normalized spacial score (nSPS) is 18.4. The zero-order chi connectivity index (χ0) is 16.7. The molecule has 1 amide bonds. The van der Waals surface area contributed by atoms with E-state index in [4.69, 9.17) is 16.3 Å². The first-order chi connectivity index (χ1) is 11.6. The van der Waals surface area contributed by atoms with E-state index >= 15 is 0 Å². The summed E-state index contributed by atoms with van der Waals surface area (Å²) in [6.45, 7) is 1.07. The van der Waals surface area contributed by atoms with Crippen LogP contribution in [0.5, 0.6) is 0 Å². The number of halogens is 1. The van der Waals surface area contributed by atoms with Crippen molar-refractivity contribution in [2.75, 3.05) is 13.1 Å². The molecule has 0 unspecified atom stereocenters. The predicted molar refractivity (Wildman–Crippen MR) is 90.1 cm³/mol. The van der Waals surface area contributed by atoms with Crippen molar-refractivity contribution < 1.29 is 14.3 Å². The van der Waals surface area contributed by atoms with Gasteiger partial charge < -0.3 is 9.64 Å². The first kappa shape index (κ1) is 15.2. The lowest BCUT2D eigenvalue weighted by atomic mass is 9.83. The highest BCUT2D eigenvalue weighted by Crippen LogP contribution is 2.44. The van der Waals surface area contributed by atoms with Gasteiger partial charge in [-0.15, -0.1) is 0 Å². The molecule has 1 saturated heterocycles. The number of piperidine rings is 1. The van der Waals surface area contributed by atoms with E-state index in [0.717, 1.165) is 5.56 Å². The van der Waals surface area contributed by atoms with Gasteiger partial charge in [0.2, 0.25) is 0 Å². The van der Waals surface area contributed by atoms with Gasteiger partial charge in [-0.3, -0.25) is 4.79 Å². The topological polar surface area (TPSA) is 46.6 Å². The molecule has 2 aromatic carbocycles. The molecule has 5 heteroatoms. The highest BCUT2D eigenvalue weighted by atomic mass is 35.5. The number of esters is 1. The Morgan fingerprint density at radius 1 is 1.04 bits per heavy atom. The molecule has 4 nitrogen and oxygen atoms in total. The monoisotopic (exact) mass is 341 g/mol. The average molecular weight is 342 g/mol. The van der Waals surface area contributed by atoms with Crippen molar-refractivity contribution in [2.45, 2.75) is 18.4 Å². The van der Waals surface area contributed by atoms with Crippen molar-refractivity contribution in [2.24, 2.45) is 0 Å². The maximum Gasteiger partial charge on any atom is 0.339 e. The smallest absolute Gasteiger partial charge is 0.339 e. The molecule has 4 rings (SSSR count). The number of rotatable bonds is 1. The molecule has 2 heterocycles. The second kappa shape index (κ2) is 5.64. The quantitative estimate of drug-likeness (QED) is 0.744. The van der Waals surface area contributed by atoms with Crippen LogP contribution in [0.2, 0.25) is 5.02 Å². The Bertz CT molecular complexity index is 825. The molecule has 1 spiro atoms. The first-order valence-electron chi connectivity index (χ1n) is 7.97. The summed E-state index contributed by atoms with van der Waals surface area (Å²) < 4.78 is 5.71. The van der Waals surface area contributed by atoms with Gasteiger partial charge in [0.15, 0.2) is 0 Å². The van der Waals surface area contributed by atoms with Gasteiger partial charge in [0.1, 0.15) is 5.60 Å². The molecule has 0 aromatic heterocycles. The van der Waals surface area contributed by atoms with E-state index in [1.807, 2.05) is 18.2 Å². The standard InChI is InChI=1S/C19H16ClNO3/c20-16-8-4-2-6-14(16)17(22)21-11-9-19(10-12-21)15-7-3-1-5-13(15)18(23)24-19/h1-8H,9-12H2. The summed E-state index contributed by atoms with van der Waals surface area (Å²) in [6.07, 6.45) is 1.21. The molecule has 24 heavy (non-hydrogen) atoms. The molecule has 2 aliphatic heterocycles. The summed E-state index contributed by atoms with van der Waals surface area (Å²) in [6, 6.07) is 14.6. The third-order valence-electron chi connectivity index (χ3n) is 4.89. The number of hydrogen-bond donors (Lipinski definition) is 0. The molecular formula is C19H16ClNO3. The minimum absolute atomic E-state index is 0.0759. The van der Waals surface area contributed by atoms with E-state index in [1.54, 1.807) is 35.2 Å². The number of carbonyl (C=O) groups is 2. The third-order valence-corrected chi connectivity index (χ3v) is 5.22. The summed E-state index contributed by atoms with van der Waals surface area (Å²) >= 11 is 6.13. The van der Waals surface area contributed by atoms with Gasteiger partial charge in [-0.25, -0.2) is 4.79 Å². The van der Waals surface area contributed by atoms with Crippen LogP contribution in [0, 0.1) is 0 Å². The van der Waals surface area contributed by atoms with Crippen LogP contribution in [0.15, 0.2) is 48.5 Å². The average Bonchev–Trinajstić information content (AvgIpc) is 2.88. The first-order valence-corrected chi connectivity index (χ1v) is 8.35. The van der Waals surface area contributed by atoms with Crippen molar-refractivity contribution >= 4 is 23.5 Å². The Morgan fingerprint density at radius 3 is 2.46 bits per heavy atom. The summed E-state index contributed by atoms with van der Waals surface area (Å²) in [7, 11) is 0. The number of benzene rings is 2. The number of fused-ring (bicyclic) bond motifs is 2. The third kappa shape index (κ3) is 2.29. The molecule has 122 valence electrons. The van der Waals surface area contributed by atoms with E-state index in [2.05, 4.69) is 0 Å². The minimum Gasteiger partial charge on any atom is -0.450 e. The molecular weight excluding hydrogens is 326 g/mol. The van der Waals surface area contributed by atoms with Gasteiger partial charge in [0, 0.05) is 31.5 Å². The summed E-state index contributed by atoms with van der Waals surface area (Å²) in [5.41, 5.74) is 1.51. The zero-order valence-corrected chi connectivity index (χ0v) is 13.8. The Morgan fingerprint density at radius 2 is 1.71 bits per heavy atom. The summed E-state index contributed by atoms with van der Waals surface area (Å²) in [4.78, 5) is 26.5. The molecule has 0 saturated carbocycles. The van der Waals surface area contributed by atoms with Gasteiger partial charge in [-0.2, -0.15) is 0 Å². The van der Waals surface area contributed by atoms with E-state index < -0.39 is 5.60 Å². The lowest BCUT2D eigenvalue weighted by Crippen LogP contribution is -2.45. The molecule has 2 aliphatic rings. The van der Waals surface area contributed by atoms with Crippen LogP contribution < -0.4 is 0 Å². The summed E-state index contributed by atoms with van der Waals surface area (Å²) in [5.74, 6) is -0.343. The number of nitrogens with zero attached hydrogens (tertiary/aromatic N) is 1. The number of carbonyl (C=O) groups excluding carboxylic acids is 2. The maximum absolute atomic E-state index is 12.7. The predicted octanol–water partition coefficient (Wildman–Crippen LogP) is 3.64. The van der Waals surface area contributed by atoms with Gasteiger partial charge in [0.25, 0.3) is 5.91 Å². The minimum atomic E-state index is -0.592. The zero-order valence-electron chi connectivity index (χ0n) is 13.0. The second-order valence-electron chi connectivity index (χ2n) is 6.20. The van der Waals surface area contributed by atoms with Crippen molar-refractivity contribution in [3.8, 4) is 0 Å². The van der Waals surface area contributed by atoms with Crippen LogP contribution in [0.4, 0.5) is 0 Å². The fraction of sp³-hybridized carbons (Fsp3) is 0.263. The SMILES string of the molecule is O=C1OC2(CCN(C(=O)c3ccccc3Cl)CC2)c2ccccc21. The lowest BCUT2D eigenvalue weighted by Gasteiger charge is -2.38. The maximum atomic E-state index is 12.7. The Labute approximate surface area is 145 Å². The van der Waals surface area contributed by atoms with E-state index in [0.29, 0.717) is 42.1 Å². The molecule has 0 atom stereocenters. The van der Waals surface area contributed by atoms with Gasteiger partial charge in [-0.1, -0.05) is 41.9 Å². The molecule has 0 N–H and O–H groups in total. The lowest BCUT2D eigenvalue weighted by molar-refractivity contribution is -0.0389. The van der Waals surface area contributed by atoms with Gasteiger partial charge in [-0.05, 0) is 18.2 Å². The van der Waals surface area contributed by atoms with Crippen LogP contribution in [0.1, 0.15) is 39.1 Å². The van der Waals surface area contributed by atoms with Crippen molar-refractivity contribution in [3.05, 3.63) is 70.2 Å². The number of likely N-dealkylation sites (tertiary alicyclic amines) is 1. The number of amides is 1. The largest absolute Gasteiger partial charge is 0.450 e. The van der Waals surface area contributed by atoms with Crippen LogP contribution in [0.25, 0.3) is 0 Å². The van der Waals surface area contributed by atoms with Crippen LogP contribution in [0.3, 0.4) is 0 Å². The fourth-order valence-corrected chi connectivity index (χ4v) is 3.81. The van der Waals surface area contributed by atoms with Crippen molar-refractivity contribution in [1.29, 1.82) is 0 Å². The van der Waals surface area contributed by atoms with Crippen molar-refractivity contribution in [1.82, 2.24) is 4.90 Å².